The zero-order valence-electron chi connectivity index (χ0n) is 9.51. The molecule has 0 aliphatic carbocycles. The first-order valence-electron chi connectivity index (χ1n) is 5.27. The van der Waals surface area contributed by atoms with Crippen molar-refractivity contribution >= 4 is 56.2 Å². The van der Waals surface area contributed by atoms with Gasteiger partial charge in [0.1, 0.15) is 10.1 Å². The van der Waals surface area contributed by atoms with E-state index in [2.05, 4.69) is 15.9 Å². The average Bonchev–Trinajstić information content (AvgIpc) is 2.59. The molecule has 2 rings (SSSR count). The van der Waals surface area contributed by atoms with Crippen LogP contribution in [-0.4, -0.2) is 26.8 Å². The first-order valence-corrected chi connectivity index (χ1v) is 7.28. The lowest BCUT2D eigenvalue weighted by atomic mass is 10.2. The molecule has 94 valence electrons. The Bertz CT molecular complexity index is 557. The van der Waals surface area contributed by atoms with E-state index in [0.717, 1.165) is 4.47 Å². The highest BCUT2D eigenvalue weighted by molar-refractivity contribution is 9.10. The Morgan fingerprint density at radius 1 is 1.56 bits per heavy atom. The summed E-state index contributed by atoms with van der Waals surface area (Å²) in [6.45, 7) is 2.44. The third-order valence-electron chi connectivity index (χ3n) is 2.47. The van der Waals surface area contributed by atoms with E-state index >= 15 is 0 Å². The van der Waals surface area contributed by atoms with Crippen LogP contribution >= 0.6 is 39.9 Å². The second-order valence-corrected chi connectivity index (χ2v) is 6.22. The second kappa shape index (κ2) is 5.42. The highest BCUT2D eigenvalue weighted by Crippen LogP contribution is 2.34. The molecule has 6 heteroatoms. The molecule has 0 bridgehead atoms. The molecule has 0 saturated carbocycles. The van der Waals surface area contributed by atoms with E-state index in [1.807, 2.05) is 6.92 Å². The molecule has 0 spiro atoms. The van der Waals surface area contributed by atoms with Gasteiger partial charge < -0.3 is 5.11 Å². The summed E-state index contributed by atoms with van der Waals surface area (Å²) in [7, 11) is 0. The number of thioether (sulfide) groups is 1. The molecule has 18 heavy (non-hydrogen) atoms. The van der Waals surface area contributed by atoms with Gasteiger partial charge in [-0.1, -0.05) is 39.9 Å². The van der Waals surface area contributed by atoms with Gasteiger partial charge in [-0.3, -0.25) is 9.69 Å². The number of phenolic OH excluding ortho intramolecular Hbond substituents is 1. The lowest BCUT2D eigenvalue weighted by Gasteiger charge is -2.09. The van der Waals surface area contributed by atoms with Crippen molar-refractivity contribution in [1.82, 2.24) is 4.90 Å². The zero-order chi connectivity index (χ0) is 13.3. The van der Waals surface area contributed by atoms with Crippen molar-refractivity contribution in [3.05, 3.63) is 33.1 Å². The van der Waals surface area contributed by atoms with Gasteiger partial charge in [0.05, 0.1) is 4.91 Å². The molecule has 1 aromatic rings. The van der Waals surface area contributed by atoms with E-state index in [9.17, 15) is 9.90 Å². The summed E-state index contributed by atoms with van der Waals surface area (Å²) in [4.78, 5) is 14.1. The molecule has 0 radical (unpaired) electrons. The minimum atomic E-state index is -0.105. The summed E-state index contributed by atoms with van der Waals surface area (Å²) in [5.74, 6) is 0.0341. The number of likely N-dealkylation sites (N-methyl/N-ethyl adjacent to an activating group) is 1. The van der Waals surface area contributed by atoms with Crippen LogP contribution in [0.3, 0.4) is 0 Å². The zero-order valence-corrected chi connectivity index (χ0v) is 12.7. The number of carbonyl (C=O) groups excluding carboxylic acids is 1. The molecule has 1 N–H and O–H groups in total. The minimum absolute atomic E-state index is 0.105. The lowest BCUT2D eigenvalue weighted by Crippen LogP contribution is -2.27. The number of halogens is 1. The van der Waals surface area contributed by atoms with E-state index in [1.165, 1.54) is 11.8 Å². The second-order valence-electron chi connectivity index (χ2n) is 3.63. The number of aromatic hydroxyl groups is 1. The number of amides is 1. The van der Waals surface area contributed by atoms with E-state index in [-0.39, 0.29) is 11.7 Å². The molecule has 1 aliphatic rings. The highest BCUT2D eigenvalue weighted by Gasteiger charge is 2.30. The molecule has 1 aliphatic heterocycles. The molecule has 3 nitrogen and oxygen atoms in total. The first-order chi connectivity index (χ1) is 8.52. The molecule has 0 aromatic heterocycles. The monoisotopic (exact) mass is 343 g/mol. The summed E-state index contributed by atoms with van der Waals surface area (Å²) in [5.41, 5.74) is 0.598. The van der Waals surface area contributed by atoms with E-state index in [1.54, 1.807) is 29.2 Å². The third-order valence-corrected chi connectivity index (χ3v) is 4.34. The molecular formula is C12H10BrNO2S2. The van der Waals surface area contributed by atoms with Gasteiger partial charge in [-0.2, -0.15) is 0 Å². The van der Waals surface area contributed by atoms with Crippen molar-refractivity contribution in [3.63, 3.8) is 0 Å². The van der Waals surface area contributed by atoms with Crippen LogP contribution in [0.2, 0.25) is 0 Å². The Morgan fingerprint density at radius 3 is 2.89 bits per heavy atom. The number of rotatable bonds is 2. The Kier molecular flexibility index (Phi) is 4.09. The van der Waals surface area contributed by atoms with Crippen LogP contribution in [0.1, 0.15) is 12.5 Å². The van der Waals surface area contributed by atoms with Crippen molar-refractivity contribution in [3.8, 4) is 5.75 Å². The summed E-state index contributed by atoms with van der Waals surface area (Å²) >= 11 is 9.71. The Labute approximate surface area is 123 Å². The topological polar surface area (TPSA) is 40.5 Å². The first kappa shape index (κ1) is 13.6. The fraction of sp³-hybridized carbons (Fsp3) is 0.167. The van der Waals surface area contributed by atoms with Crippen LogP contribution in [0, 0.1) is 0 Å². The smallest absolute Gasteiger partial charge is 0.266 e. The van der Waals surface area contributed by atoms with Gasteiger partial charge in [0.15, 0.2) is 0 Å². The average molecular weight is 344 g/mol. The van der Waals surface area contributed by atoms with Crippen LogP contribution in [-0.2, 0) is 4.79 Å². The number of carbonyl (C=O) groups is 1. The molecule has 1 fully saturated rings. The fourth-order valence-electron chi connectivity index (χ4n) is 1.55. The maximum absolute atomic E-state index is 12.0. The van der Waals surface area contributed by atoms with Crippen molar-refractivity contribution in [2.75, 3.05) is 6.54 Å². The van der Waals surface area contributed by atoms with Crippen molar-refractivity contribution in [2.45, 2.75) is 6.92 Å². The Morgan fingerprint density at radius 2 is 2.28 bits per heavy atom. The van der Waals surface area contributed by atoms with E-state index in [0.29, 0.717) is 21.3 Å². The predicted molar refractivity (Wildman–Crippen MR) is 81.4 cm³/mol. The highest BCUT2D eigenvalue weighted by atomic mass is 79.9. The van der Waals surface area contributed by atoms with Crippen LogP contribution < -0.4 is 0 Å². The largest absolute Gasteiger partial charge is 0.507 e. The molecule has 0 atom stereocenters. The van der Waals surface area contributed by atoms with Crippen molar-refractivity contribution in [2.24, 2.45) is 0 Å². The summed E-state index contributed by atoms with van der Waals surface area (Å²) < 4.78 is 1.40. The normalized spacial score (nSPS) is 17.9. The number of nitrogens with zero attached hydrogens (tertiary/aromatic N) is 1. The fourth-order valence-corrected chi connectivity index (χ4v) is 3.31. The van der Waals surface area contributed by atoms with Crippen molar-refractivity contribution < 1.29 is 9.90 Å². The Hall–Kier alpha value is -0.850. The molecule has 1 saturated heterocycles. The molecular weight excluding hydrogens is 334 g/mol. The standard InChI is InChI=1S/C12H10BrNO2S2/c1-2-14-11(16)10(18-12(14)17)6-7-5-8(13)3-4-9(7)15/h3-6,15H,2H2,1H3/b10-6+. The molecule has 1 amide bonds. The quantitative estimate of drug-likeness (QED) is 0.660. The SMILES string of the molecule is CCN1C(=O)/C(=C\c2cc(Br)ccc2O)SC1=S. The summed E-state index contributed by atoms with van der Waals surface area (Å²) in [6.07, 6.45) is 1.66. The number of hydrogen-bond donors (Lipinski definition) is 1. The van der Waals surface area contributed by atoms with Gasteiger partial charge in [0, 0.05) is 16.6 Å². The number of phenols is 1. The number of thiocarbonyl (C=S) groups is 1. The van der Waals surface area contributed by atoms with Crippen LogP contribution in [0.15, 0.2) is 27.6 Å². The lowest BCUT2D eigenvalue weighted by molar-refractivity contribution is -0.121. The predicted octanol–water partition coefficient (Wildman–Crippen LogP) is 3.38. The maximum atomic E-state index is 12.0. The summed E-state index contributed by atoms with van der Waals surface area (Å²) in [5, 5.41) is 9.74. The van der Waals surface area contributed by atoms with Crippen LogP contribution in [0.25, 0.3) is 6.08 Å². The maximum Gasteiger partial charge on any atom is 0.266 e. The summed E-state index contributed by atoms with van der Waals surface area (Å²) in [6, 6.07) is 5.08. The van der Waals surface area contributed by atoms with Crippen LogP contribution in [0.5, 0.6) is 5.75 Å². The van der Waals surface area contributed by atoms with Gasteiger partial charge in [-0.15, -0.1) is 0 Å². The minimum Gasteiger partial charge on any atom is -0.507 e. The van der Waals surface area contributed by atoms with Gasteiger partial charge in [0.2, 0.25) is 0 Å². The van der Waals surface area contributed by atoms with Gasteiger partial charge in [-0.05, 0) is 31.2 Å². The van der Waals surface area contributed by atoms with E-state index < -0.39 is 0 Å². The molecule has 0 unspecified atom stereocenters. The van der Waals surface area contributed by atoms with E-state index in [4.69, 9.17) is 12.2 Å². The van der Waals surface area contributed by atoms with Crippen molar-refractivity contribution in [1.29, 1.82) is 0 Å². The van der Waals surface area contributed by atoms with Gasteiger partial charge >= 0.3 is 0 Å². The molecule has 1 aromatic carbocycles. The Balaban J connectivity index is 2.38. The molecule has 1 heterocycles. The number of benzene rings is 1. The van der Waals surface area contributed by atoms with Gasteiger partial charge in [-0.25, -0.2) is 0 Å². The third kappa shape index (κ3) is 2.60. The van der Waals surface area contributed by atoms with Gasteiger partial charge in [0.25, 0.3) is 5.91 Å². The van der Waals surface area contributed by atoms with Crippen LogP contribution in [0.4, 0.5) is 0 Å². The number of hydrogen-bond acceptors (Lipinski definition) is 4.